The Labute approximate surface area is 117 Å². The summed E-state index contributed by atoms with van der Waals surface area (Å²) in [6.07, 6.45) is 0. The molecule has 0 aliphatic heterocycles. The van der Waals surface area contributed by atoms with Crippen molar-refractivity contribution in [1.29, 1.82) is 0 Å². The van der Waals surface area contributed by atoms with E-state index in [4.69, 9.17) is 5.73 Å². The van der Waals surface area contributed by atoms with E-state index in [1.165, 1.54) is 6.07 Å². The molecule has 1 aromatic carbocycles. The third-order valence-electron chi connectivity index (χ3n) is 3.94. The normalized spacial score (nSPS) is 12.2. The highest BCUT2D eigenvalue weighted by atomic mass is 19.2. The quantitative estimate of drug-likeness (QED) is 0.925. The Morgan fingerprint density at radius 3 is 2.30 bits per heavy atom. The minimum atomic E-state index is -0.877. The molecule has 0 saturated carbocycles. The van der Waals surface area contributed by atoms with Crippen LogP contribution in [-0.4, -0.2) is 9.55 Å². The molecule has 0 spiro atoms. The fraction of sp³-hybridized carbons (Fsp3) is 0.533. The smallest absolute Gasteiger partial charge is 0.201 e. The lowest BCUT2D eigenvalue weighted by atomic mass is 9.85. The van der Waals surface area contributed by atoms with E-state index in [0.717, 1.165) is 6.07 Å². The van der Waals surface area contributed by atoms with Crippen molar-refractivity contribution in [2.24, 2.45) is 17.8 Å². The van der Waals surface area contributed by atoms with Crippen LogP contribution in [0.4, 0.5) is 14.7 Å². The molecule has 0 aliphatic rings. The van der Waals surface area contributed by atoms with Crippen LogP contribution in [0.15, 0.2) is 12.1 Å². The molecule has 0 aliphatic carbocycles. The molecule has 0 saturated heterocycles. The fourth-order valence-electron chi connectivity index (χ4n) is 2.76. The molecule has 20 heavy (non-hydrogen) atoms. The summed E-state index contributed by atoms with van der Waals surface area (Å²) < 4.78 is 29.1. The van der Waals surface area contributed by atoms with Gasteiger partial charge in [-0.15, -0.1) is 0 Å². The molecule has 3 nitrogen and oxygen atoms in total. The summed E-state index contributed by atoms with van der Waals surface area (Å²) in [5.41, 5.74) is 6.44. The van der Waals surface area contributed by atoms with Crippen molar-refractivity contribution < 1.29 is 8.78 Å². The highest BCUT2D eigenvalue weighted by Crippen LogP contribution is 2.28. The molecule has 2 rings (SSSR count). The molecule has 0 fully saturated rings. The SMILES string of the molecule is CC(C)C(Cn1c(N)nc2ccc(F)c(F)c21)C(C)C. The van der Waals surface area contributed by atoms with E-state index in [0.29, 0.717) is 29.8 Å². The first-order valence-corrected chi connectivity index (χ1v) is 6.92. The Morgan fingerprint density at radius 2 is 1.75 bits per heavy atom. The summed E-state index contributed by atoms with van der Waals surface area (Å²) in [6, 6.07) is 2.54. The van der Waals surface area contributed by atoms with Gasteiger partial charge in [-0.25, -0.2) is 13.8 Å². The van der Waals surface area contributed by atoms with Crippen molar-refractivity contribution >= 4 is 17.0 Å². The maximum Gasteiger partial charge on any atom is 0.201 e. The predicted molar refractivity (Wildman–Crippen MR) is 77.2 cm³/mol. The van der Waals surface area contributed by atoms with Gasteiger partial charge < -0.3 is 10.3 Å². The van der Waals surface area contributed by atoms with E-state index in [2.05, 4.69) is 32.7 Å². The minimum absolute atomic E-state index is 0.161. The number of hydrogen-bond acceptors (Lipinski definition) is 2. The first-order chi connectivity index (χ1) is 9.32. The Kier molecular flexibility index (Phi) is 3.97. The number of aromatic nitrogens is 2. The molecule has 110 valence electrons. The molecule has 1 aromatic heterocycles. The van der Waals surface area contributed by atoms with Crippen LogP contribution in [0.1, 0.15) is 27.7 Å². The largest absolute Gasteiger partial charge is 0.369 e. The van der Waals surface area contributed by atoms with Crippen LogP contribution in [0.25, 0.3) is 11.0 Å². The number of nitrogens with zero attached hydrogens (tertiary/aromatic N) is 2. The van der Waals surface area contributed by atoms with Gasteiger partial charge in [0.05, 0.1) is 5.52 Å². The van der Waals surface area contributed by atoms with Crippen LogP contribution in [0.2, 0.25) is 0 Å². The van der Waals surface area contributed by atoms with Gasteiger partial charge in [-0.3, -0.25) is 0 Å². The maximum atomic E-state index is 14.0. The third kappa shape index (κ3) is 2.49. The second-order valence-corrected chi connectivity index (χ2v) is 5.96. The van der Waals surface area contributed by atoms with Gasteiger partial charge in [-0.1, -0.05) is 27.7 Å². The average Bonchev–Trinajstić information content (AvgIpc) is 2.67. The van der Waals surface area contributed by atoms with Gasteiger partial charge in [-0.2, -0.15) is 0 Å². The van der Waals surface area contributed by atoms with Crippen molar-refractivity contribution in [3.63, 3.8) is 0 Å². The molecule has 0 amide bonds. The summed E-state index contributed by atoms with van der Waals surface area (Å²) in [6.45, 7) is 9.03. The van der Waals surface area contributed by atoms with E-state index in [1.807, 2.05) is 0 Å². The van der Waals surface area contributed by atoms with E-state index in [9.17, 15) is 8.78 Å². The maximum absolute atomic E-state index is 14.0. The Bertz CT molecular complexity index is 609. The highest BCUT2D eigenvalue weighted by molar-refractivity contribution is 5.79. The predicted octanol–water partition coefficient (Wildman–Crippen LogP) is 3.82. The fourth-order valence-corrected chi connectivity index (χ4v) is 2.76. The lowest BCUT2D eigenvalue weighted by molar-refractivity contribution is 0.255. The minimum Gasteiger partial charge on any atom is -0.369 e. The molecule has 0 radical (unpaired) electrons. The van der Waals surface area contributed by atoms with E-state index < -0.39 is 11.6 Å². The summed E-state index contributed by atoms with van der Waals surface area (Å²) in [4.78, 5) is 4.12. The number of fused-ring (bicyclic) bond motifs is 1. The molecular weight excluding hydrogens is 260 g/mol. The van der Waals surface area contributed by atoms with E-state index in [-0.39, 0.29) is 11.5 Å². The van der Waals surface area contributed by atoms with Crippen LogP contribution in [-0.2, 0) is 6.54 Å². The van der Waals surface area contributed by atoms with Crippen molar-refractivity contribution in [3.8, 4) is 0 Å². The van der Waals surface area contributed by atoms with Crippen LogP contribution in [0.3, 0.4) is 0 Å². The van der Waals surface area contributed by atoms with Gasteiger partial charge in [0.15, 0.2) is 11.6 Å². The summed E-state index contributed by atoms with van der Waals surface area (Å²) in [5, 5.41) is 0. The van der Waals surface area contributed by atoms with E-state index in [1.54, 1.807) is 4.57 Å². The molecular formula is C15H21F2N3. The average molecular weight is 281 g/mol. The van der Waals surface area contributed by atoms with Crippen molar-refractivity contribution in [1.82, 2.24) is 9.55 Å². The summed E-state index contributed by atoms with van der Waals surface area (Å²) in [5.74, 6) is -0.359. The van der Waals surface area contributed by atoms with Crippen molar-refractivity contribution in [3.05, 3.63) is 23.8 Å². The molecule has 0 bridgehead atoms. The van der Waals surface area contributed by atoms with Crippen LogP contribution in [0.5, 0.6) is 0 Å². The summed E-state index contributed by atoms with van der Waals surface area (Å²) in [7, 11) is 0. The molecule has 0 atom stereocenters. The molecule has 0 unspecified atom stereocenters. The van der Waals surface area contributed by atoms with E-state index >= 15 is 0 Å². The zero-order chi connectivity index (χ0) is 15.0. The van der Waals surface area contributed by atoms with Gasteiger partial charge in [0.2, 0.25) is 5.95 Å². The Balaban J connectivity index is 2.53. The second kappa shape index (κ2) is 5.38. The van der Waals surface area contributed by atoms with Crippen LogP contribution >= 0.6 is 0 Å². The lowest BCUT2D eigenvalue weighted by Gasteiger charge is -2.26. The number of benzene rings is 1. The van der Waals surface area contributed by atoms with Gasteiger partial charge in [-0.05, 0) is 29.9 Å². The van der Waals surface area contributed by atoms with Crippen LogP contribution < -0.4 is 5.73 Å². The van der Waals surface area contributed by atoms with Gasteiger partial charge in [0, 0.05) is 6.54 Å². The number of halogens is 2. The standard InChI is InChI=1S/C15H21F2N3/c1-8(2)10(9(3)4)7-20-14-12(19-15(20)18)6-5-11(16)13(14)17/h5-6,8-10H,7H2,1-4H3,(H2,18,19). The van der Waals surface area contributed by atoms with Crippen molar-refractivity contribution in [2.45, 2.75) is 34.2 Å². The number of hydrogen-bond donors (Lipinski definition) is 1. The topological polar surface area (TPSA) is 43.8 Å². The Hall–Kier alpha value is -1.65. The zero-order valence-corrected chi connectivity index (χ0v) is 12.3. The lowest BCUT2D eigenvalue weighted by Crippen LogP contribution is -2.23. The summed E-state index contributed by atoms with van der Waals surface area (Å²) >= 11 is 0. The van der Waals surface area contributed by atoms with Gasteiger partial charge in [0.25, 0.3) is 0 Å². The van der Waals surface area contributed by atoms with Crippen molar-refractivity contribution in [2.75, 3.05) is 5.73 Å². The first kappa shape index (κ1) is 14.8. The number of nitrogen functional groups attached to an aromatic ring is 1. The number of imidazole rings is 1. The highest BCUT2D eigenvalue weighted by Gasteiger charge is 2.22. The number of rotatable bonds is 4. The second-order valence-electron chi connectivity index (χ2n) is 5.96. The zero-order valence-electron chi connectivity index (χ0n) is 12.3. The monoisotopic (exact) mass is 281 g/mol. The third-order valence-corrected chi connectivity index (χ3v) is 3.94. The molecule has 2 aromatic rings. The number of nitrogens with two attached hydrogens (primary N) is 1. The molecule has 5 heteroatoms. The van der Waals surface area contributed by atoms with Gasteiger partial charge >= 0.3 is 0 Å². The first-order valence-electron chi connectivity index (χ1n) is 6.92. The number of anilines is 1. The Morgan fingerprint density at radius 1 is 1.15 bits per heavy atom. The van der Waals surface area contributed by atoms with Crippen LogP contribution in [0, 0.1) is 29.4 Å². The van der Waals surface area contributed by atoms with Gasteiger partial charge in [0.1, 0.15) is 5.52 Å². The molecule has 2 N–H and O–H groups in total. The molecule has 1 heterocycles.